The minimum absolute atomic E-state index is 0. The molecule has 0 fully saturated rings. The van der Waals surface area contributed by atoms with Crippen LogP contribution >= 0.6 is 11.3 Å². The molecule has 0 saturated heterocycles. The van der Waals surface area contributed by atoms with Crippen LogP contribution in [0.4, 0.5) is 0 Å². The number of hydrogen-bond donors (Lipinski definition) is 0. The molecule has 0 aliphatic heterocycles. The van der Waals surface area contributed by atoms with Gasteiger partial charge in [-0.2, -0.15) is 0 Å². The summed E-state index contributed by atoms with van der Waals surface area (Å²) in [5, 5.41) is 7.58. The number of nitrogens with zero attached hydrogens (tertiary/aromatic N) is 2. The summed E-state index contributed by atoms with van der Waals surface area (Å²) in [5.41, 5.74) is 11.5. The summed E-state index contributed by atoms with van der Waals surface area (Å²) in [4.78, 5) is 0. The molecule has 12 rings (SSSR count). The summed E-state index contributed by atoms with van der Waals surface area (Å²) < 4.78 is 7.54. The Morgan fingerprint density at radius 2 is 0.695 bits per heavy atom. The number of fused-ring (bicyclic) bond motifs is 9. The molecule has 9 aromatic carbocycles. The second-order valence-electron chi connectivity index (χ2n) is 15.3. The third kappa shape index (κ3) is 5.18. The van der Waals surface area contributed by atoms with Gasteiger partial charge in [0.05, 0.1) is 27.5 Å². The Kier molecular flexibility index (Phi) is 8.14. The molecule has 12 aromatic rings. The highest BCUT2D eigenvalue weighted by Crippen LogP contribution is 2.47. The average Bonchev–Trinajstić information content (AvgIpc) is 3.95. The summed E-state index contributed by atoms with van der Waals surface area (Å²) in [6.45, 7) is 0. The van der Waals surface area contributed by atoms with Crippen molar-refractivity contribution >= 4 is 75.1 Å². The van der Waals surface area contributed by atoms with E-state index in [1.165, 1.54) is 91.7 Å². The van der Waals surface area contributed by atoms with E-state index < -0.39 is 5.41 Å². The molecule has 2 nitrogen and oxygen atoms in total. The Morgan fingerprint density at radius 3 is 1.27 bits per heavy atom. The summed E-state index contributed by atoms with van der Waals surface area (Å²) in [6, 6.07) is 80.6. The minimum atomic E-state index is -0.528. The summed E-state index contributed by atoms with van der Waals surface area (Å²) in [7, 11) is 0. The van der Waals surface area contributed by atoms with Crippen molar-refractivity contribution in [3.8, 4) is 11.4 Å². The lowest BCUT2D eigenvalue weighted by molar-refractivity contribution is 0.746. The summed E-state index contributed by atoms with van der Waals surface area (Å²) >= 11 is 1.86. The fourth-order valence-corrected chi connectivity index (χ4v) is 10.9. The van der Waals surface area contributed by atoms with Gasteiger partial charge in [0.25, 0.3) is 0 Å². The van der Waals surface area contributed by atoms with Crippen molar-refractivity contribution in [2.75, 3.05) is 0 Å². The normalized spacial score (nSPS) is 11.9. The number of hydrogen-bond acceptors (Lipinski definition) is 1. The number of aromatic nitrogens is 2. The Balaban J connectivity index is 0.00000397. The fourth-order valence-electron chi connectivity index (χ4n) is 9.78. The monoisotopic (exact) mass is 772 g/mol. The highest BCUT2D eigenvalue weighted by molar-refractivity contribution is 7.25. The fraction of sp³-hybridized carbons (Fsp3) is 0.0357. The van der Waals surface area contributed by atoms with E-state index in [9.17, 15) is 0 Å². The van der Waals surface area contributed by atoms with Gasteiger partial charge in [0, 0.05) is 53.1 Å². The van der Waals surface area contributed by atoms with Gasteiger partial charge < -0.3 is 9.13 Å². The Morgan fingerprint density at radius 1 is 0.288 bits per heavy atom. The van der Waals surface area contributed by atoms with Gasteiger partial charge in [0.1, 0.15) is 0 Å². The molecule has 0 radical (unpaired) electrons. The predicted molar refractivity (Wildman–Crippen MR) is 253 cm³/mol. The molecule has 0 bridgehead atoms. The number of benzene rings is 9. The van der Waals surface area contributed by atoms with Crippen molar-refractivity contribution in [2.45, 2.75) is 12.8 Å². The number of rotatable bonds is 6. The van der Waals surface area contributed by atoms with Crippen LogP contribution in [0.1, 0.15) is 29.7 Å². The van der Waals surface area contributed by atoms with Crippen LogP contribution in [-0.4, -0.2) is 9.13 Å². The molecular weight excluding hydrogens is 733 g/mol. The Labute approximate surface area is 347 Å². The first-order valence-electron chi connectivity index (χ1n) is 19.9. The van der Waals surface area contributed by atoms with Crippen LogP contribution < -0.4 is 0 Å². The quantitative estimate of drug-likeness (QED) is 0.149. The van der Waals surface area contributed by atoms with Crippen LogP contribution in [0.25, 0.3) is 75.2 Å². The van der Waals surface area contributed by atoms with Gasteiger partial charge in [-0.25, -0.2) is 0 Å². The van der Waals surface area contributed by atoms with Crippen LogP contribution in [0.15, 0.2) is 218 Å². The number of para-hydroxylation sites is 2. The van der Waals surface area contributed by atoms with Crippen LogP contribution in [0.2, 0.25) is 0 Å². The maximum atomic E-state index is 2.46. The van der Waals surface area contributed by atoms with E-state index in [0.717, 1.165) is 5.69 Å². The lowest BCUT2D eigenvalue weighted by atomic mass is 9.65. The van der Waals surface area contributed by atoms with Gasteiger partial charge >= 0.3 is 0 Å². The molecule has 0 unspecified atom stereocenters. The first kappa shape index (κ1) is 35.0. The van der Waals surface area contributed by atoms with Crippen molar-refractivity contribution in [2.24, 2.45) is 0 Å². The lowest BCUT2D eigenvalue weighted by Gasteiger charge is -2.37. The lowest BCUT2D eigenvalue weighted by Crippen LogP contribution is -2.30. The molecule has 59 heavy (non-hydrogen) atoms. The molecule has 0 N–H and O–H groups in total. The molecule has 3 heteroatoms. The minimum Gasteiger partial charge on any atom is -0.309 e. The molecule has 0 aliphatic rings. The van der Waals surface area contributed by atoms with Gasteiger partial charge in [-0.15, -0.1) is 11.3 Å². The Hall–Kier alpha value is -7.20. The van der Waals surface area contributed by atoms with E-state index in [2.05, 4.69) is 228 Å². The largest absolute Gasteiger partial charge is 0.309 e. The molecule has 0 spiro atoms. The molecule has 0 atom stereocenters. The molecule has 3 heterocycles. The second-order valence-corrected chi connectivity index (χ2v) is 16.3. The van der Waals surface area contributed by atoms with E-state index in [4.69, 9.17) is 0 Å². The zero-order valence-corrected chi connectivity index (χ0v) is 32.4. The van der Waals surface area contributed by atoms with E-state index in [-0.39, 0.29) is 7.43 Å². The Bertz CT molecular complexity index is 3400. The average molecular weight is 773 g/mol. The van der Waals surface area contributed by atoms with E-state index >= 15 is 0 Å². The van der Waals surface area contributed by atoms with Crippen molar-refractivity contribution in [1.82, 2.24) is 9.13 Å². The van der Waals surface area contributed by atoms with Crippen molar-refractivity contribution in [3.63, 3.8) is 0 Å². The van der Waals surface area contributed by atoms with Gasteiger partial charge in [0.15, 0.2) is 0 Å². The maximum Gasteiger partial charge on any atom is 0.0701 e. The summed E-state index contributed by atoms with van der Waals surface area (Å²) in [5.74, 6) is 0. The van der Waals surface area contributed by atoms with Crippen LogP contribution in [0, 0.1) is 0 Å². The van der Waals surface area contributed by atoms with E-state index in [1.807, 2.05) is 11.3 Å². The number of thiophene rings is 1. The third-order valence-electron chi connectivity index (χ3n) is 12.3. The molecule has 0 amide bonds. The maximum absolute atomic E-state index is 2.46. The van der Waals surface area contributed by atoms with E-state index in [0.29, 0.717) is 0 Å². The topological polar surface area (TPSA) is 9.86 Å². The highest BCUT2D eigenvalue weighted by atomic mass is 32.1. The van der Waals surface area contributed by atoms with Gasteiger partial charge in [-0.1, -0.05) is 159 Å². The van der Waals surface area contributed by atoms with E-state index in [1.54, 1.807) is 0 Å². The first-order chi connectivity index (χ1) is 28.8. The summed E-state index contributed by atoms with van der Waals surface area (Å²) in [6.07, 6.45) is 0. The molecule has 0 saturated carbocycles. The second kappa shape index (κ2) is 13.7. The highest BCUT2D eigenvalue weighted by Gasteiger charge is 2.38. The van der Waals surface area contributed by atoms with Crippen molar-refractivity contribution in [3.05, 3.63) is 241 Å². The zero-order chi connectivity index (χ0) is 38.2. The van der Waals surface area contributed by atoms with Gasteiger partial charge in [0.2, 0.25) is 0 Å². The van der Waals surface area contributed by atoms with Crippen LogP contribution in [0.3, 0.4) is 0 Å². The van der Waals surface area contributed by atoms with Crippen LogP contribution in [-0.2, 0) is 5.41 Å². The van der Waals surface area contributed by atoms with Crippen LogP contribution in [0.5, 0.6) is 0 Å². The molecule has 3 aromatic heterocycles. The van der Waals surface area contributed by atoms with Gasteiger partial charge in [-0.05, 0) is 89.0 Å². The first-order valence-corrected chi connectivity index (χ1v) is 20.7. The SMILES string of the molecule is C.c1ccc(C(c2ccccc2)(c2ccccc2)c2ccc3c(c2)c2ccccc2n3-c2ccc3c(c2)c2ccccc2n3-c2ccc3sc4ccccc4c3c2)cc1. The van der Waals surface area contributed by atoms with Gasteiger partial charge in [-0.3, -0.25) is 0 Å². The predicted octanol–water partition coefficient (Wildman–Crippen LogP) is 15.3. The smallest absolute Gasteiger partial charge is 0.0701 e. The third-order valence-corrected chi connectivity index (χ3v) is 13.4. The molecular formula is C56H40N2S. The molecule has 0 aliphatic carbocycles. The van der Waals surface area contributed by atoms with Crippen molar-refractivity contribution in [1.29, 1.82) is 0 Å². The van der Waals surface area contributed by atoms with Crippen molar-refractivity contribution < 1.29 is 0 Å². The standard InChI is InChI=1S/C55H36N2S.CH4/c1-4-16-37(17-5-1)55(38-18-6-2-7-19-38,39-20-8-3-9-21-39)40-28-31-51-46(34-40)43-22-10-13-25-49(43)56(51)41-29-32-52-47(35-41)44-23-11-14-26-50(44)57(52)42-30-33-54-48(36-42)45-24-12-15-27-53(45)58-54;/h1-36H;1H4. The zero-order valence-electron chi connectivity index (χ0n) is 31.6. The molecule has 280 valence electrons.